The van der Waals surface area contributed by atoms with Crippen molar-refractivity contribution in [1.82, 2.24) is 14.5 Å². The Bertz CT molecular complexity index is 967. The second kappa shape index (κ2) is 6.45. The summed E-state index contributed by atoms with van der Waals surface area (Å²) < 4.78 is 2.19. The molecule has 0 unspecified atom stereocenters. The molecule has 3 aromatic rings. The lowest BCUT2D eigenvalue weighted by Crippen LogP contribution is -2.32. The summed E-state index contributed by atoms with van der Waals surface area (Å²) in [6.07, 6.45) is 0. The fraction of sp³-hybridized carbons (Fsp3) is 0.118. The van der Waals surface area contributed by atoms with E-state index in [0.717, 1.165) is 4.47 Å². The summed E-state index contributed by atoms with van der Waals surface area (Å²) in [6, 6.07) is 14.0. The van der Waals surface area contributed by atoms with Crippen molar-refractivity contribution >= 4 is 38.8 Å². The maximum atomic E-state index is 13.0. The first-order valence-electron chi connectivity index (χ1n) is 7.23. The van der Waals surface area contributed by atoms with Crippen LogP contribution in [-0.4, -0.2) is 34.6 Å². The average molecular weight is 387 g/mol. The Morgan fingerprint density at radius 1 is 1.17 bits per heavy atom. The number of aromatic nitrogens is 2. The molecule has 0 fully saturated rings. The van der Waals surface area contributed by atoms with Gasteiger partial charge in [0.25, 0.3) is 5.56 Å². The lowest BCUT2D eigenvalue weighted by atomic mass is 10.2. The first-order valence-corrected chi connectivity index (χ1v) is 8.03. The highest BCUT2D eigenvalue weighted by Gasteiger charge is 2.15. The molecular weight excluding hydrogens is 372 g/mol. The molecule has 0 atom stereocenters. The number of anilines is 1. The SMILES string of the molecule is CN(C)C(=O)Nc1nc2ccc(Br)cc2c(=O)n1-c1ccccc1. The van der Waals surface area contributed by atoms with Crippen LogP contribution in [0.2, 0.25) is 0 Å². The van der Waals surface area contributed by atoms with Crippen LogP contribution >= 0.6 is 15.9 Å². The number of rotatable bonds is 2. The van der Waals surface area contributed by atoms with Gasteiger partial charge in [0.05, 0.1) is 16.6 Å². The van der Waals surface area contributed by atoms with E-state index in [1.165, 1.54) is 9.47 Å². The standard InChI is InChI=1S/C17H15BrN4O2/c1-21(2)17(24)20-16-19-14-9-8-11(18)10-13(14)15(23)22(16)12-6-4-3-5-7-12/h3-10H,1-2H3,(H,19,20,24). The number of halogens is 1. The summed E-state index contributed by atoms with van der Waals surface area (Å²) >= 11 is 3.37. The summed E-state index contributed by atoms with van der Waals surface area (Å²) in [7, 11) is 3.25. The fourth-order valence-corrected chi connectivity index (χ4v) is 2.63. The van der Waals surface area contributed by atoms with E-state index in [1.54, 1.807) is 44.4 Å². The molecule has 6 nitrogen and oxygen atoms in total. The topological polar surface area (TPSA) is 67.2 Å². The number of benzene rings is 2. The number of hydrogen-bond acceptors (Lipinski definition) is 3. The lowest BCUT2D eigenvalue weighted by Gasteiger charge is -2.16. The van der Waals surface area contributed by atoms with Gasteiger partial charge in [-0.15, -0.1) is 0 Å². The van der Waals surface area contributed by atoms with Crippen LogP contribution in [0.15, 0.2) is 57.8 Å². The number of urea groups is 1. The minimum Gasteiger partial charge on any atom is -0.331 e. The molecule has 0 aliphatic heterocycles. The summed E-state index contributed by atoms with van der Waals surface area (Å²) in [5, 5.41) is 3.15. The summed E-state index contributed by atoms with van der Waals surface area (Å²) in [6.45, 7) is 0. The van der Waals surface area contributed by atoms with Crippen LogP contribution in [-0.2, 0) is 0 Å². The molecule has 1 N–H and O–H groups in total. The molecule has 0 radical (unpaired) electrons. The van der Waals surface area contributed by atoms with Crippen molar-refractivity contribution in [2.45, 2.75) is 0 Å². The first-order chi connectivity index (χ1) is 11.5. The van der Waals surface area contributed by atoms with E-state index in [1.807, 2.05) is 18.2 Å². The third kappa shape index (κ3) is 3.03. The van der Waals surface area contributed by atoms with E-state index in [9.17, 15) is 9.59 Å². The number of hydrogen-bond donors (Lipinski definition) is 1. The van der Waals surface area contributed by atoms with Crippen molar-refractivity contribution in [1.29, 1.82) is 0 Å². The zero-order valence-corrected chi connectivity index (χ0v) is 14.7. The van der Waals surface area contributed by atoms with E-state index >= 15 is 0 Å². The molecule has 1 aromatic heterocycles. The van der Waals surface area contributed by atoms with Crippen molar-refractivity contribution in [2.24, 2.45) is 0 Å². The van der Waals surface area contributed by atoms with Crippen molar-refractivity contribution in [3.63, 3.8) is 0 Å². The molecule has 0 bridgehead atoms. The van der Waals surface area contributed by atoms with Crippen LogP contribution in [0.4, 0.5) is 10.7 Å². The van der Waals surface area contributed by atoms with Gasteiger partial charge in [0.1, 0.15) is 0 Å². The molecular formula is C17H15BrN4O2. The van der Waals surface area contributed by atoms with Gasteiger partial charge in [-0.3, -0.25) is 10.1 Å². The van der Waals surface area contributed by atoms with E-state index in [2.05, 4.69) is 26.2 Å². The van der Waals surface area contributed by atoms with Crippen LogP contribution in [0.5, 0.6) is 0 Å². The zero-order valence-electron chi connectivity index (χ0n) is 13.2. The smallest absolute Gasteiger partial charge is 0.323 e. The van der Waals surface area contributed by atoms with Gasteiger partial charge in [-0.05, 0) is 30.3 Å². The maximum absolute atomic E-state index is 13.0. The molecule has 24 heavy (non-hydrogen) atoms. The highest BCUT2D eigenvalue weighted by Crippen LogP contribution is 2.19. The quantitative estimate of drug-likeness (QED) is 0.734. The monoisotopic (exact) mass is 386 g/mol. The van der Waals surface area contributed by atoms with Gasteiger partial charge in [-0.25, -0.2) is 14.3 Å². The fourth-order valence-electron chi connectivity index (χ4n) is 2.27. The average Bonchev–Trinajstić information content (AvgIpc) is 2.56. The van der Waals surface area contributed by atoms with E-state index in [0.29, 0.717) is 16.6 Å². The van der Waals surface area contributed by atoms with Gasteiger partial charge in [0, 0.05) is 18.6 Å². The molecule has 0 aliphatic rings. The number of nitrogens with one attached hydrogen (secondary N) is 1. The Morgan fingerprint density at radius 3 is 2.54 bits per heavy atom. The van der Waals surface area contributed by atoms with Gasteiger partial charge in [-0.2, -0.15) is 0 Å². The molecule has 1 heterocycles. The Morgan fingerprint density at radius 2 is 1.88 bits per heavy atom. The number of carbonyl (C=O) groups excluding carboxylic acids is 1. The Hall–Kier alpha value is -2.67. The molecule has 0 aliphatic carbocycles. The van der Waals surface area contributed by atoms with Crippen molar-refractivity contribution in [2.75, 3.05) is 19.4 Å². The Balaban J connectivity index is 2.30. The number of fused-ring (bicyclic) bond motifs is 1. The molecule has 2 amide bonds. The number of amides is 2. The van der Waals surface area contributed by atoms with Crippen molar-refractivity contribution in [3.8, 4) is 5.69 Å². The molecule has 0 saturated carbocycles. The highest BCUT2D eigenvalue weighted by atomic mass is 79.9. The van der Waals surface area contributed by atoms with Crippen molar-refractivity contribution < 1.29 is 4.79 Å². The van der Waals surface area contributed by atoms with Gasteiger partial charge < -0.3 is 4.90 Å². The van der Waals surface area contributed by atoms with Crippen LogP contribution in [0, 0.1) is 0 Å². The van der Waals surface area contributed by atoms with E-state index in [4.69, 9.17) is 0 Å². The lowest BCUT2D eigenvalue weighted by molar-refractivity contribution is 0.230. The Kier molecular flexibility index (Phi) is 4.35. The molecule has 0 spiro atoms. The van der Waals surface area contributed by atoms with E-state index < -0.39 is 0 Å². The number of carbonyl (C=O) groups is 1. The van der Waals surface area contributed by atoms with Crippen LogP contribution < -0.4 is 10.9 Å². The maximum Gasteiger partial charge on any atom is 0.323 e. The summed E-state index contributed by atoms with van der Waals surface area (Å²) in [5.41, 5.74) is 0.900. The van der Waals surface area contributed by atoms with Crippen LogP contribution in [0.3, 0.4) is 0 Å². The second-order valence-corrected chi connectivity index (χ2v) is 6.31. The van der Waals surface area contributed by atoms with E-state index in [-0.39, 0.29) is 17.5 Å². The highest BCUT2D eigenvalue weighted by molar-refractivity contribution is 9.10. The van der Waals surface area contributed by atoms with Crippen LogP contribution in [0.25, 0.3) is 16.6 Å². The first kappa shape index (κ1) is 16.2. The van der Waals surface area contributed by atoms with Gasteiger partial charge in [0.15, 0.2) is 0 Å². The van der Waals surface area contributed by atoms with Gasteiger partial charge >= 0.3 is 6.03 Å². The molecule has 122 valence electrons. The number of nitrogens with zero attached hydrogens (tertiary/aromatic N) is 3. The molecule has 0 saturated heterocycles. The number of para-hydroxylation sites is 1. The molecule has 7 heteroatoms. The largest absolute Gasteiger partial charge is 0.331 e. The zero-order chi connectivity index (χ0) is 17.3. The molecule has 2 aromatic carbocycles. The summed E-state index contributed by atoms with van der Waals surface area (Å²) in [4.78, 5) is 30.9. The molecule has 3 rings (SSSR count). The van der Waals surface area contributed by atoms with Gasteiger partial charge in [-0.1, -0.05) is 34.1 Å². The van der Waals surface area contributed by atoms with Crippen molar-refractivity contribution in [3.05, 3.63) is 63.4 Å². The minimum absolute atomic E-state index is 0.180. The normalized spacial score (nSPS) is 10.6. The third-order valence-electron chi connectivity index (χ3n) is 3.47. The minimum atomic E-state index is -0.358. The van der Waals surface area contributed by atoms with Gasteiger partial charge in [0.2, 0.25) is 5.95 Å². The second-order valence-electron chi connectivity index (χ2n) is 5.40. The summed E-state index contributed by atoms with van der Waals surface area (Å²) in [5.74, 6) is 0.180. The Labute approximate surface area is 146 Å². The van der Waals surface area contributed by atoms with Crippen LogP contribution in [0.1, 0.15) is 0 Å². The predicted molar refractivity (Wildman–Crippen MR) is 97.7 cm³/mol. The predicted octanol–water partition coefficient (Wildman–Crippen LogP) is 3.24. The third-order valence-corrected chi connectivity index (χ3v) is 3.96.